The monoisotopic (exact) mass is 446 g/mol. The zero-order valence-corrected chi connectivity index (χ0v) is 21.2. The molecule has 182 valence electrons. The van der Waals surface area contributed by atoms with E-state index in [0.29, 0.717) is 6.42 Å². The van der Waals surface area contributed by atoms with Crippen LogP contribution in [-0.4, -0.2) is 39.4 Å². The lowest BCUT2D eigenvalue weighted by Crippen LogP contribution is -2.47. The number of rotatable bonds is 8. The summed E-state index contributed by atoms with van der Waals surface area (Å²) in [7, 11) is 0. The molecule has 0 aromatic carbocycles. The molecule has 4 heteroatoms. The van der Waals surface area contributed by atoms with Gasteiger partial charge in [0.05, 0.1) is 18.3 Å². The van der Waals surface area contributed by atoms with Crippen LogP contribution in [0.25, 0.3) is 0 Å². The van der Waals surface area contributed by atoms with E-state index in [1.807, 2.05) is 32.9 Å². The Labute approximate surface area is 195 Å². The highest BCUT2D eigenvalue weighted by atomic mass is 16.3. The Morgan fingerprint density at radius 1 is 1.25 bits per heavy atom. The second kappa shape index (κ2) is 12.7. The van der Waals surface area contributed by atoms with Gasteiger partial charge in [-0.25, -0.2) is 0 Å². The molecule has 4 nitrogen and oxygen atoms in total. The van der Waals surface area contributed by atoms with Crippen molar-refractivity contribution in [3.63, 3.8) is 0 Å². The van der Waals surface area contributed by atoms with Gasteiger partial charge in [-0.15, -0.1) is 0 Å². The molecule has 1 fully saturated rings. The van der Waals surface area contributed by atoms with Crippen LogP contribution in [0, 0.1) is 29.1 Å². The molecule has 0 aromatic heterocycles. The molecule has 0 aliphatic heterocycles. The maximum absolute atomic E-state index is 13.3. The SMILES string of the molecule is C=C(C)C1CC2(C)C(=CC1O)CCC(C(=O)C(C)C(O)/C=C/C=C/CC(C)O)C2C.CC. The fourth-order valence-corrected chi connectivity index (χ4v) is 5.13. The molecule has 2 rings (SSSR count). The predicted octanol–water partition coefficient (Wildman–Crippen LogP) is 5.40. The molecule has 1 saturated carbocycles. The van der Waals surface area contributed by atoms with Gasteiger partial charge in [0.1, 0.15) is 5.78 Å². The van der Waals surface area contributed by atoms with Crippen molar-refractivity contribution in [3.8, 4) is 0 Å². The third kappa shape index (κ3) is 6.76. The molecule has 0 radical (unpaired) electrons. The van der Waals surface area contributed by atoms with Gasteiger partial charge in [-0.3, -0.25) is 4.79 Å². The molecule has 0 heterocycles. The highest BCUT2D eigenvalue weighted by Gasteiger charge is 2.49. The van der Waals surface area contributed by atoms with Crippen molar-refractivity contribution in [2.75, 3.05) is 0 Å². The minimum atomic E-state index is -0.831. The number of ketones is 1. The Morgan fingerprint density at radius 3 is 2.44 bits per heavy atom. The summed E-state index contributed by atoms with van der Waals surface area (Å²) in [5, 5.41) is 30.3. The van der Waals surface area contributed by atoms with E-state index in [2.05, 4.69) is 20.4 Å². The number of aliphatic hydroxyl groups is 3. The van der Waals surface area contributed by atoms with Crippen LogP contribution in [0.5, 0.6) is 0 Å². The van der Waals surface area contributed by atoms with E-state index in [9.17, 15) is 20.1 Å². The number of hydrogen-bond donors (Lipinski definition) is 3. The first-order valence-corrected chi connectivity index (χ1v) is 12.3. The smallest absolute Gasteiger partial charge is 0.141 e. The Hall–Kier alpha value is -1.49. The summed E-state index contributed by atoms with van der Waals surface area (Å²) in [6.45, 7) is 17.9. The van der Waals surface area contributed by atoms with Crippen LogP contribution in [0.15, 0.2) is 48.1 Å². The second-order valence-corrected chi connectivity index (χ2v) is 9.77. The Morgan fingerprint density at radius 2 is 1.88 bits per heavy atom. The molecule has 0 bridgehead atoms. The van der Waals surface area contributed by atoms with E-state index in [0.717, 1.165) is 24.8 Å². The summed E-state index contributed by atoms with van der Waals surface area (Å²) in [4.78, 5) is 13.3. The molecule has 2 aliphatic carbocycles. The highest BCUT2D eigenvalue weighted by Crippen LogP contribution is 2.55. The quantitative estimate of drug-likeness (QED) is 0.345. The molecular weight excluding hydrogens is 400 g/mol. The van der Waals surface area contributed by atoms with E-state index in [-0.39, 0.29) is 29.0 Å². The van der Waals surface area contributed by atoms with E-state index in [1.54, 1.807) is 32.1 Å². The van der Waals surface area contributed by atoms with Gasteiger partial charge in [-0.1, -0.05) is 82.7 Å². The number of carbonyl (C=O) groups excluding carboxylic acids is 1. The van der Waals surface area contributed by atoms with Crippen LogP contribution < -0.4 is 0 Å². The summed E-state index contributed by atoms with van der Waals surface area (Å²) in [5.74, 6) is -0.291. The molecule has 32 heavy (non-hydrogen) atoms. The molecule has 0 amide bonds. The van der Waals surface area contributed by atoms with Crippen molar-refractivity contribution in [1.29, 1.82) is 0 Å². The summed E-state index contributed by atoms with van der Waals surface area (Å²) in [6, 6.07) is 0. The summed E-state index contributed by atoms with van der Waals surface area (Å²) >= 11 is 0. The van der Waals surface area contributed by atoms with Crippen molar-refractivity contribution >= 4 is 5.78 Å². The van der Waals surface area contributed by atoms with E-state index >= 15 is 0 Å². The van der Waals surface area contributed by atoms with Crippen LogP contribution in [-0.2, 0) is 4.79 Å². The van der Waals surface area contributed by atoms with Crippen LogP contribution in [0.1, 0.15) is 74.1 Å². The average Bonchev–Trinajstić information content (AvgIpc) is 2.74. The zero-order chi connectivity index (χ0) is 24.6. The second-order valence-electron chi connectivity index (χ2n) is 9.77. The van der Waals surface area contributed by atoms with Gasteiger partial charge in [0.25, 0.3) is 0 Å². The maximum Gasteiger partial charge on any atom is 0.141 e. The lowest BCUT2D eigenvalue weighted by atomic mass is 9.53. The average molecular weight is 447 g/mol. The van der Waals surface area contributed by atoms with Gasteiger partial charge in [-0.05, 0) is 50.9 Å². The number of carbonyl (C=O) groups is 1. The standard InChI is InChI=1S/C26H40O4.C2H6/c1-16(2)22-15-26(6)19(5)21(13-12-20(26)14-24(22)29)25(30)18(4)23(28)11-9-7-8-10-17(3)27;1-2/h7-9,11,14,17-19,21-24,27-29H,1,10,12-13,15H2,2-6H3;1-2H3/b8-7+,11-9+;. The third-order valence-corrected chi connectivity index (χ3v) is 7.49. The normalized spacial score (nSPS) is 33.0. The first-order valence-electron chi connectivity index (χ1n) is 12.3. The molecule has 2 aliphatic rings. The minimum Gasteiger partial charge on any atom is -0.393 e. The number of allylic oxidation sites excluding steroid dienone is 3. The number of hydrogen-bond acceptors (Lipinski definition) is 4. The highest BCUT2D eigenvalue weighted by molar-refractivity contribution is 5.84. The summed E-state index contributed by atoms with van der Waals surface area (Å²) < 4.78 is 0. The van der Waals surface area contributed by atoms with Crippen LogP contribution in [0.2, 0.25) is 0 Å². The molecule has 0 saturated heterocycles. The molecule has 0 aromatic rings. The molecule has 8 atom stereocenters. The van der Waals surface area contributed by atoms with Crippen LogP contribution in [0.3, 0.4) is 0 Å². The Balaban J connectivity index is 0.00000249. The topological polar surface area (TPSA) is 77.8 Å². The largest absolute Gasteiger partial charge is 0.393 e. The van der Waals surface area contributed by atoms with Crippen molar-refractivity contribution < 1.29 is 20.1 Å². The molecular formula is C28H46O4. The third-order valence-electron chi connectivity index (χ3n) is 7.49. The Bertz CT molecular complexity index is 717. The van der Waals surface area contributed by atoms with E-state index in [1.165, 1.54) is 5.57 Å². The van der Waals surface area contributed by atoms with E-state index < -0.39 is 24.2 Å². The first kappa shape index (κ1) is 28.5. The van der Waals surface area contributed by atoms with Gasteiger partial charge in [0, 0.05) is 17.8 Å². The lowest BCUT2D eigenvalue weighted by molar-refractivity contribution is -0.133. The first-order chi connectivity index (χ1) is 15.0. The minimum absolute atomic E-state index is 0.0226. The van der Waals surface area contributed by atoms with Crippen molar-refractivity contribution in [3.05, 3.63) is 48.1 Å². The predicted molar refractivity (Wildman–Crippen MR) is 133 cm³/mol. The molecule has 8 unspecified atom stereocenters. The zero-order valence-electron chi connectivity index (χ0n) is 21.2. The van der Waals surface area contributed by atoms with Gasteiger partial charge in [-0.2, -0.15) is 0 Å². The summed E-state index contributed by atoms with van der Waals surface area (Å²) in [6.07, 6.45) is 10.3. The van der Waals surface area contributed by atoms with E-state index in [4.69, 9.17) is 0 Å². The van der Waals surface area contributed by atoms with Crippen molar-refractivity contribution in [2.45, 2.75) is 92.5 Å². The summed E-state index contributed by atoms with van der Waals surface area (Å²) in [5.41, 5.74) is 2.11. The van der Waals surface area contributed by atoms with Gasteiger partial charge < -0.3 is 15.3 Å². The van der Waals surface area contributed by atoms with Gasteiger partial charge >= 0.3 is 0 Å². The molecule has 0 spiro atoms. The Kier molecular flexibility index (Phi) is 11.3. The number of fused-ring (bicyclic) bond motifs is 1. The van der Waals surface area contributed by atoms with Gasteiger partial charge in [0.15, 0.2) is 0 Å². The van der Waals surface area contributed by atoms with Crippen molar-refractivity contribution in [1.82, 2.24) is 0 Å². The maximum atomic E-state index is 13.3. The van der Waals surface area contributed by atoms with Crippen molar-refractivity contribution in [2.24, 2.45) is 29.1 Å². The fourth-order valence-electron chi connectivity index (χ4n) is 5.13. The van der Waals surface area contributed by atoms with Crippen LogP contribution in [0.4, 0.5) is 0 Å². The number of Topliss-reactive ketones (excluding diaryl/α,β-unsaturated/α-hetero) is 1. The van der Waals surface area contributed by atoms with Crippen LogP contribution >= 0.6 is 0 Å². The lowest BCUT2D eigenvalue weighted by Gasteiger charge is -2.51. The van der Waals surface area contributed by atoms with Gasteiger partial charge in [0.2, 0.25) is 0 Å². The number of aliphatic hydroxyl groups excluding tert-OH is 3. The molecule has 3 N–H and O–H groups in total. The fraction of sp³-hybridized carbons (Fsp3) is 0.679.